The number of hydrogen-bond donors (Lipinski definition) is 2. The highest BCUT2D eigenvalue weighted by Gasteiger charge is 2.26. The fourth-order valence-corrected chi connectivity index (χ4v) is 4.94. The van der Waals surface area contributed by atoms with E-state index in [2.05, 4.69) is 15.6 Å². The Bertz CT molecular complexity index is 1140. The molecule has 4 rings (SSSR count). The molecule has 1 fully saturated rings. The first-order valence-electron chi connectivity index (χ1n) is 10.1. The van der Waals surface area contributed by atoms with Gasteiger partial charge in [0.05, 0.1) is 5.75 Å². The smallest absolute Gasteiger partial charge is 0.213 e. The Labute approximate surface area is 176 Å². The van der Waals surface area contributed by atoms with Gasteiger partial charge in [-0.3, -0.25) is 4.98 Å². The van der Waals surface area contributed by atoms with Crippen molar-refractivity contribution in [3.05, 3.63) is 60.7 Å². The zero-order valence-electron chi connectivity index (χ0n) is 16.8. The van der Waals surface area contributed by atoms with Gasteiger partial charge in [0.25, 0.3) is 0 Å². The zero-order chi connectivity index (χ0) is 21.1. The predicted octanol–water partition coefficient (Wildman–Crippen LogP) is 4.34. The number of halogens is 1. The van der Waals surface area contributed by atoms with E-state index >= 15 is 0 Å². The van der Waals surface area contributed by atoms with Crippen LogP contribution in [-0.2, 0) is 10.0 Å². The van der Waals surface area contributed by atoms with Gasteiger partial charge in [0.1, 0.15) is 5.82 Å². The van der Waals surface area contributed by atoms with Crippen LogP contribution in [0, 0.1) is 5.82 Å². The Balaban J connectivity index is 1.56. The topological polar surface area (TPSA) is 74.3 Å². The molecule has 0 amide bonds. The van der Waals surface area contributed by atoms with Gasteiger partial charge in [0, 0.05) is 54.0 Å². The number of aromatic nitrogens is 1. The molecule has 0 unspecified atom stereocenters. The van der Waals surface area contributed by atoms with Crippen molar-refractivity contribution in [2.24, 2.45) is 0 Å². The van der Waals surface area contributed by atoms with E-state index in [4.69, 9.17) is 0 Å². The van der Waals surface area contributed by atoms with Gasteiger partial charge in [-0.2, -0.15) is 0 Å². The first-order valence-corrected chi connectivity index (χ1v) is 11.7. The molecule has 0 saturated carbocycles. The third-order valence-corrected chi connectivity index (χ3v) is 7.32. The van der Waals surface area contributed by atoms with Crippen LogP contribution in [0.3, 0.4) is 0 Å². The minimum Gasteiger partial charge on any atom is -0.382 e. The summed E-state index contributed by atoms with van der Waals surface area (Å²) in [6.07, 6.45) is 5.04. The maximum atomic E-state index is 13.5. The van der Waals surface area contributed by atoms with Crippen molar-refractivity contribution >= 4 is 37.9 Å². The highest BCUT2D eigenvalue weighted by atomic mass is 32.2. The summed E-state index contributed by atoms with van der Waals surface area (Å²) >= 11 is 0. The normalized spacial score (nSPS) is 15.9. The van der Waals surface area contributed by atoms with Crippen LogP contribution < -0.4 is 10.6 Å². The molecule has 0 aliphatic carbocycles. The molecule has 0 bridgehead atoms. The van der Waals surface area contributed by atoms with E-state index in [-0.39, 0.29) is 17.6 Å². The number of sulfonamides is 1. The number of piperidine rings is 1. The summed E-state index contributed by atoms with van der Waals surface area (Å²) in [7, 11) is -3.14. The first-order chi connectivity index (χ1) is 14.4. The lowest BCUT2D eigenvalue weighted by Gasteiger charge is -2.32. The van der Waals surface area contributed by atoms with E-state index in [1.807, 2.05) is 30.5 Å². The second-order valence-electron chi connectivity index (χ2n) is 7.47. The van der Waals surface area contributed by atoms with Crippen LogP contribution >= 0.6 is 0 Å². The molecular weight excluding hydrogens is 403 g/mol. The van der Waals surface area contributed by atoms with E-state index < -0.39 is 10.0 Å². The Morgan fingerprint density at radius 3 is 2.67 bits per heavy atom. The van der Waals surface area contributed by atoms with Crippen molar-refractivity contribution < 1.29 is 12.8 Å². The fourth-order valence-electron chi connectivity index (χ4n) is 3.80. The van der Waals surface area contributed by atoms with Gasteiger partial charge in [0.15, 0.2) is 0 Å². The molecule has 0 spiro atoms. The van der Waals surface area contributed by atoms with E-state index in [0.29, 0.717) is 18.8 Å². The average molecular weight is 429 g/mol. The van der Waals surface area contributed by atoms with Crippen molar-refractivity contribution in [3.63, 3.8) is 0 Å². The molecule has 3 aromatic rings. The Kier molecular flexibility index (Phi) is 5.87. The third kappa shape index (κ3) is 4.55. The Morgan fingerprint density at radius 1 is 1.13 bits per heavy atom. The van der Waals surface area contributed by atoms with Crippen molar-refractivity contribution in [2.75, 3.05) is 29.5 Å². The fraction of sp³-hybridized carbons (Fsp3) is 0.318. The lowest BCUT2D eigenvalue weighted by Crippen LogP contribution is -2.42. The van der Waals surface area contributed by atoms with Gasteiger partial charge < -0.3 is 10.6 Å². The van der Waals surface area contributed by atoms with E-state index in [1.54, 1.807) is 23.5 Å². The van der Waals surface area contributed by atoms with E-state index in [9.17, 15) is 12.8 Å². The second kappa shape index (κ2) is 8.57. The molecule has 1 aliphatic rings. The molecule has 1 saturated heterocycles. The summed E-state index contributed by atoms with van der Waals surface area (Å²) in [5.74, 6) is -0.160. The number of hydrogen-bond acceptors (Lipinski definition) is 5. The summed E-state index contributed by atoms with van der Waals surface area (Å²) in [6, 6.07) is 12.4. The average Bonchev–Trinajstić information content (AvgIpc) is 2.74. The SMILES string of the molecule is CCS(=O)(=O)N1CCC(Nc2cc(Nc3cccc(F)c3)cc3ccncc23)CC1. The van der Waals surface area contributed by atoms with Crippen LogP contribution in [0.1, 0.15) is 19.8 Å². The molecule has 1 aromatic heterocycles. The minimum absolute atomic E-state index is 0.134. The zero-order valence-corrected chi connectivity index (χ0v) is 17.6. The largest absolute Gasteiger partial charge is 0.382 e. The maximum absolute atomic E-state index is 13.5. The maximum Gasteiger partial charge on any atom is 0.213 e. The highest BCUT2D eigenvalue weighted by molar-refractivity contribution is 7.89. The summed E-state index contributed by atoms with van der Waals surface area (Å²) < 4.78 is 39.3. The quantitative estimate of drug-likeness (QED) is 0.611. The molecule has 0 atom stereocenters. The summed E-state index contributed by atoms with van der Waals surface area (Å²) in [5.41, 5.74) is 2.44. The Hall–Kier alpha value is -2.71. The first kappa shape index (κ1) is 20.6. The second-order valence-corrected chi connectivity index (χ2v) is 9.73. The van der Waals surface area contributed by atoms with Gasteiger partial charge in [-0.05, 0) is 61.5 Å². The lowest BCUT2D eigenvalue weighted by molar-refractivity contribution is 0.330. The van der Waals surface area contributed by atoms with Crippen molar-refractivity contribution in [1.29, 1.82) is 0 Å². The van der Waals surface area contributed by atoms with Crippen molar-refractivity contribution in [3.8, 4) is 0 Å². The molecular formula is C22H25FN4O2S. The number of rotatable bonds is 6. The molecule has 158 valence electrons. The van der Waals surface area contributed by atoms with E-state index in [0.717, 1.165) is 35.0 Å². The van der Waals surface area contributed by atoms with Crippen LogP contribution in [0.2, 0.25) is 0 Å². The Morgan fingerprint density at radius 2 is 1.93 bits per heavy atom. The van der Waals surface area contributed by atoms with Crippen molar-refractivity contribution in [1.82, 2.24) is 9.29 Å². The van der Waals surface area contributed by atoms with Gasteiger partial charge in [-0.25, -0.2) is 17.1 Å². The van der Waals surface area contributed by atoms with Gasteiger partial charge in [-0.15, -0.1) is 0 Å². The number of fused-ring (bicyclic) bond motifs is 1. The third-order valence-electron chi connectivity index (χ3n) is 5.44. The van der Waals surface area contributed by atoms with Crippen LogP contribution in [0.5, 0.6) is 0 Å². The van der Waals surface area contributed by atoms with Crippen LogP contribution in [-0.4, -0.2) is 42.6 Å². The van der Waals surface area contributed by atoms with E-state index in [1.165, 1.54) is 12.1 Å². The predicted molar refractivity (Wildman–Crippen MR) is 119 cm³/mol. The molecule has 2 aromatic carbocycles. The standard InChI is InChI=1S/C22H25FN4O2S/c1-2-30(28,29)27-10-7-18(8-11-27)26-22-14-20(12-16-6-9-24-15-21(16)22)25-19-5-3-4-17(23)13-19/h3-6,9,12-15,18,25-26H,2,7-8,10-11H2,1H3. The lowest BCUT2D eigenvalue weighted by atomic mass is 10.0. The molecule has 2 N–H and O–H groups in total. The van der Waals surface area contributed by atoms with Gasteiger partial charge in [0.2, 0.25) is 10.0 Å². The van der Waals surface area contributed by atoms with Crippen LogP contribution in [0.4, 0.5) is 21.5 Å². The van der Waals surface area contributed by atoms with Crippen LogP contribution in [0.15, 0.2) is 54.9 Å². The van der Waals surface area contributed by atoms with Gasteiger partial charge in [-0.1, -0.05) is 6.07 Å². The number of anilines is 3. The molecule has 8 heteroatoms. The molecule has 0 radical (unpaired) electrons. The molecule has 6 nitrogen and oxygen atoms in total. The number of pyridine rings is 1. The summed E-state index contributed by atoms with van der Waals surface area (Å²) in [6.45, 7) is 2.71. The highest BCUT2D eigenvalue weighted by Crippen LogP contribution is 2.31. The van der Waals surface area contributed by atoms with Gasteiger partial charge >= 0.3 is 0 Å². The minimum atomic E-state index is -3.14. The summed E-state index contributed by atoms with van der Waals surface area (Å²) in [5, 5.41) is 8.84. The number of benzene rings is 2. The van der Waals surface area contributed by atoms with Crippen LogP contribution in [0.25, 0.3) is 10.8 Å². The molecule has 30 heavy (non-hydrogen) atoms. The monoisotopic (exact) mass is 428 g/mol. The molecule has 2 heterocycles. The number of nitrogens with zero attached hydrogens (tertiary/aromatic N) is 2. The number of nitrogens with one attached hydrogen (secondary N) is 2. The van der Waals surface area contributed by atoms with Crippen molar-refractivity contribution in [2.45, 2.75) is 25.8 Å². The molecule has 1 aliphatic heterocycles. The summed E-state index contributed by atoms with van der Waals surface area (Å²) in [4.78, 5) is 4.25.